The molecular weight excluding hydrogens is 148 g/mol. The molecule has 1 rings (SSSR count). The Morgan fingerprint density at radius 1 is 1.50 bits per heavy atom. The van der Waals surface area contributed by atoms with Crippen LogP contribution in [0.4, 0.5) is 0 Å². The van der Waals surface area contributed by atoms with Crippen molar-refractivity contribution in [3.63, 3.8) is 0 Å². The van der Waals surface area contributed by atoms with Gasteiger partial charge >= 0.3 is 0 Å². The van der Waals surface area contributed by atoms with E-state index in [0.29, 0.717) is 11.3 Å². The van der Waals surface area contributed by atoms with Gasteiger partial charge in [0.1, 0.15) is 0 Å². The molecule has 1 aromatic carbocycles. The van der Waals surface area contributed by atoms with Gasteiger partial charge in [0.15, 0.2) is 0 Å². The molecule has 0 heterocycles. The minimum absolute atomic E-state index is 0.496. The minimum Gasteiger partial charge on any atom is -0.399 e. The van der Waals surface area contributed by atoms with E-state index in [1.807, 2.05) is 19.1 Å². The Hall–Kier alpha value is -1.75. The Balaban J connectivity index is 3.26. The predicted octanol–water partition coefficient (Wildman–Crippen LogP) is 1.80. The molecule has 2 N–H and O–H groups in total. The number of hydrogen-bond acceptors (Lipinski definition) is 2. The highest BCUT2D eigenvalue weighted by Crippen LogP contribution is 2.12. The first kappa shape index (κ1) is 8.35. The van der Waals surface area contributed by atoms with Crippen LogP contribution in [0.3, 0.4) is 0 Å². The van der Waals surface area contributed by atoms with Gasteiger partial charge in [0, 0.05) is 5.70 Å². The number of nitriles is 1. The van der Waals surface area contributed by atoms with Gasteiger partial charge in [-0.3, -0.25) is 0 Å². The van der Waals surface area contributed by atoms with Gasteiger partial charge in [-0.25, -0.2) is 0 Å². The van der Waals surface area contributed by atoms with E-state index in [0.717, 1.165) is 11.1 Å². The lowest BCUT2D eigenvalue weighted by Gasteiger charge is -2.01. The summed E-state index contributed by atoms with van der Waals surface area (Å²) in [7, 11) is 0. The molecule has 0 radical (unpaired) electrons. The van der Waals surface area contributed by atoms with E-state index in [4.69, 9.17) is 11.0 Å². The quantitative estimate of drug-likeness (QED) is 0.677. The zero-order chi connectivity index (χ0) is 9.14. The monoisotopic (exact) mass is 158 g/mol. The molecule has 0 saturated carbocycles. The summed E-state index contributed by atoms with van der Waals surface area (Å²) in [6.45, 7) is 5.53. The van der Waals surface area contributed by atoms with Gasteiger partial charge in [0.2, 0.25) is 0 Å². The lowest BCUT2D eigenvalue weighted by atomic mass is 10.1. The molecule has 0 aliphatic rings. The van der Waals surface area contributed by atoms with Gasteiger partial charge in [-0.15, -0.1) is 0 Å². The van der Waals surface area contributed by atoms with Crippen LogP contribution in [0.1, 0.15) is 16.7 Å². The van der Waals surface area contributed by atoms with Crippen molar-refractivity contribution in [3.05, 3.63) is 41.5 Å². The lowest BCUT2D eigenvalue weighted by molar-refractivity contribution is 1.39. The molecule has 0 aliphatic heterocycles. The minimum atomic E-state index is 0.496. The Morgan fingerprint density at radius 2 is 2.17 bits per heavy atom. The van der Waals surface area contributed by atoms with E-state index in [9.17, 15) is 0 Å². The maximum atomic E-state index is 8.65. The number of nitrogens with two attached hydrogens (primary N) is 1. The van der Waals surface area contributed by atoms with Gasteiger partial charge in [0.25, 0.3) is 0 Å². The zero-order valence-electron chi connectivity index (χ0n) is 6.96. The summed E-state index contributed by atoms with van der Waals surface area (Å²) < 4.78 is 0. The first-order chi connectivity index (χ1) is 5.63. The number of hydrogen-bond donors (Lipinski definition) is 1. The molecule has 0 amide bonds. The molecule has 0 bridgehead atoms. The van der Waals surface area contributed by atoms with Crippen LogP contribution in [0.2, 0.25) is 0 Å². The highest BCUT2D eigenvalue weighted by Gasteiger charge is 1.98. The number of aryl methyl sites for hydroxylation is 1. The SMILES string of the molecule is C=C(N)c1cc(C)cc(C#N)c1. The van der Waals surface area contributed by atoms with Crippen molar-refractivity contribution in [3.8, 4) is 6.07 Å². The van der Waals surface area contributed by atoms with Crippen molar-refractivity contribution in [1.29, 1.82) is 5.26 Å². The van der Waals surface area contributed by atoms with E-state index in [1.165, 1.54) is 0 Å². The van der Waals surface area contributed by atoms with Crippen LogP contribution in [-0.2, 0) is 0 Å². The van der Waals surface area contributed by atoms with Crippen LogP contribution in [0.25, 0.3) is 5.70 Å². The molecule has 0 aliphatic carbocycles. The molecule has 12 heavy (non-hydrogen) atoms. The normalized spacial score (nSPS) is 9.00. The third-order valence-electron chi connectivity index (χ3n) is 1.58. The fraction of sp³-hybridized carbons (Fsp3) is 0.100. The van der Waals surface area contributed by atoms with E-state index in [1.54, 1.807) is 6.07 Å². The second kappa shape index (κ2) is 3.10. The van der Waals surface area contributed by atoms with Crippen LogP contribution in [0, 0.1) is 18.3 Å². The first-order valence-corrected chi connectivity index (χ1v) is 3.60. The van der Waals surface area contributed by atoms with E-state index in [-0.39, 0.29) is 0 Å². The lowest BCUT2D eigenvalue weighted by Crippen LogP contribution is -1.95. The van der Waals surface area contributed by atoms with Crippen molar-refractivity contribution in [1.82, 2.24) is 0 Å². The molecule has 0 aromatic heterocycles. The third-order valence-corrected chi connectivity index (χ3v) is 1.58. The van der Waals surface area contributed by atoms with Gasteiger partial charge in [-0.2, -0.15) is 5.26 Å². The summed E-state index contributed by atoms with van der Waals surface area (Å²) in [5.74, 6) is 0. The third kappa shape index (κ3) is 1.64. The Bertz CT molecular complexity index is 359. The molecule has 2 heteroatoms. The molecule has 0 fully saturated rings. The molecule has 2 nitrogen and oxygen atoms in total. The average Bonchev–Trinajstić information content (AvgIpc) is 2.03. The van der Waals surface area contributed by atoms with Crippen LogP contribution >= 0.6 is 0 Å². The van der Waals surface area contributed by atoms with Crippen LogP contribution in [-0.4, -0.2) is 0 Å². The highest BCUT2D eigenvalue weighted by atomic mass is 14.6. The Labute approximate surface area is 71.9 Å². The summed E-state index contributed by atoms with van der Waals surface area (Å²) in [5.41, 5.74) is 8.47. The molecule has 60 valence electrons. The summed E-state index contributed by atoms with van der Waals surface area (Å²) in [6, 6.07) is 7.52. The Morgan fingerprint density at radius 3 is 2.67 bits per heavy atom. The molecule has 0 unspecified atom stereocenters. The number of nitrogens with zero attached hydrogens (tertiary/aromatic N) is 1. The molecule has 1 aromatic rings. The first-order valence-electron chi connectivity index (χ1n) is 3.60. The summed E-state index contributed by atoms with van der Waals surface area (Å²) in [4.78, 5) is 0. The molecule has 0 saturated heterocycles. The van der Waals surface area contributed by atoms with E-state index >= 15 is 0 Å². The van der Waals surface area contributed by atoms with Crippen LogP contribution in [0.15, 0.2) is 24.8 Å². The van der Waals surface area contributed by atoms with E-state index < -0.39 is 0 Å². The molecule has 0 spiro atoms. The van der Waals surface area contributed by atoms with Crippen molar-refractivity contribution in [2.75, 3.05) is 0 Å². The molecular formula is C10H10N2. The second-order valence-corrected chi connectivity index (χ2v) is 2.72. The van der Waals surface area contributed by atoms with Crippen molar-refractivity contribution in [2.24, 2.45) is 5.73 Å². The van der Waals surface area contributed by atoms with Crippen molar-refractivity contribution in [2.45, 2.75) is 6.92 Å². The van der Waals surface area contributed by atoms with Gasteiger partial charge in [0.05, 0.1) is 11.6 Å². The topological polar surface area (TPSA) is 49.8 Å². The summed E-state index contributed by atoms with van der Waals surface area (Å²) >= 11 is 0. The highest BCUT2D eigenvalue weighted by molar-refractivity contribution is 5.62. The van der Waals surface area contributed by atoms with Gasteiger partial charge in [-0.1, -0.05) is 6.58 Å². The predicted molar refractivity (Wildman–Crippen MR) is 49.1 cm³/mol. The Kier molecular flexibility index (Phi) is 2.16. The molecule has 0 atom stereocenters. The van der Waals surface area contributed by atoms with Crippen LogP contribution in [0.5, 0.6) is 0 Å². The summed E-state index contributed by atoms with van der Waals surface area (Å²) in [5, 5.41) is 8.65. The number of benzene rings is 1. The van der Waals surface area contributed by atoms with Gasteiger partial charge < -0.3 is 5.73 Å². The van der Waals surface area contributed by atoms with E-state index in [2.05, 4.69) is 12.6 Å². The zero-order valence-corrected chi connectivity index (χ0v) is 6.96. The largest absolute Gasteiger partial charge is 0.399 e. The standard InChI is InChI=1S/C10H10N2/c1-7-3-9(6-11)5-10(4-7)8(2)12/h3-5H,2,12H2,1H3. The van der Waals surface area contributed by atoms with Crippen LogP contribution < -0.4 is 5.73 Å². The summed E-state index contributed by atoms with van der Waals surface area (Å²) in [6.07, 6.45) is 0. The second-order valence-electron chi connectivity index (χ2n) is 2.72. The van der Waals surface area contributed by atoms with Crippen molar-refractivity contribution < 1.29 is 0 Å². The number of rotatable bonds is 1. The fourth-order valence-corrected chi connectivity index (χ4v) is 1.03. The fourth-order valence-electron chi connectivity index (χ4n) is 1.03. The maximum absolute atomic E-state index is 8.65. The van der Waals surface area contributed by atoms with Gasteiger partial charge in [-0.05, 0) is 36.2 Å². The van der Waals surface area contributed by atoms with Crippen molar-refractivity contribution >= 4 is 5.70 Å². The maximum Gasteiger partial charge on any atom is 0.0991 e. The smallest absolute Gasteiger partial charge is 0.0991 e. The average molecular weight is 158 g/mol.